The molecule has 0 aliphatic heterocycles. The standard InChI is InChI=1S/C16H26OSi/c1-14(17-18(5,6)16(2,3)4)12-13-15-10-8-7-9-11-15/h7-12H,13H2,1-6H3/b14-12+. The smallest absolute Gasteiger partial charge is 0.250 e. The molecule has 1 rings (SSSR count). The molecule has 100 valence electrons. The van der Waals surface area contributed by atoms with Crippen LogP contribution in [0.1, 0.15) is 33.3 Å². The summed E-state index contributed by atoms with van der Waals surface area (Å²) in [5.74, 6) is 1.06. The third kappa shape index (κ3) is 4.34. The minimum absolute atomic E-state index is 0.259. The third-order valence-corrected chi connectivity index (χ3v) is 8.14. The first-order valence-electron chi connectivity index (χ1n) is 6.62. The lowest BCUT2D eigenvalue weighted by atomic mass is 10.1. The Hall–Kier alpha value is -1.02. The molecule has 0 spiro atoms. The van der Waals surface area contributed by atoms with Crippen LogP contribution in [-0.4, -0.2) is 8.32 Å². The Kier molecular flexibility index (Phi) is 4.80. The van der Waals surface area contributed by atoms with Crippen LogP contribution in [0, 0.1) is 0 Å². The lowest BCUT2D eigenvalue weighted by Crippen LogP contribution is -2.40. The van der Waals surface area contributed by atoms with Gasteiger partial charge in [-0.25, -0.2) is 0 Å². The first-order valence-corrected chi connectivity index (χ1v) is 9.53. The fourth-order valence-corrected chi connectivity index (χ4v) is 2.67. The van der Waals surface area contributed by atoms with Crippen LogP contribution in [0.2, 0.25) is 18.1 Å². The van der Waals surface area contributed by atoms with Gasteiger partial charge in [-0.15, -0.1) is 0 Å². The van der Waals surface area contributed by atoms with Crippen molar-refractivity contribution in [3.8, 4) is 0 Å². The van der Waals surface area contributed by atoms with Gasteiger partial charge in [-0.05, 0) is 43.1 Å². The highest BCUT2D eigenvalue weighted by Crippen LogP contribution is 2.37. The van der Waals surface area contributed by atoms with Crippen molar-refractivity contribution in [1.82, 2.24) is 0 Å². The minimum atomic E-state index is -1.67. The van der Waals surface area contributed by atoms with E-state index in [0.29, 0.717) is 0 Å². The predicted octanol–water partition coefficient (Wildman–Crippen LogP) is 5.15. The van der Waals surface area contributed by atoms with Crippen LogP contribution < -0.4 is 0 Å². The van der Waals surface area contributed by atoms with E-state index in [0.717, 1.165) is 12.2 Å². The minimum Gasteiger partial charge on any atom is -0.547 e. The fourth-order valence-electron chi connectivity index (χ4n) is 1.47. The highest BCUT2D eigenvalue weighted by molar-refractivity contribution is 6.74. The average molecular weight is 262 g/mol. The van der Waals surface area contributed by atoms with Gasteiger partial charge in [-0.1, -0.05) is 51.1 Å². The molecule has 0 unspecified atom stereocenters. The Labute approximate surface area is 113 Å². The van der Waals surface area contributed by atoms with E-state index in [-0.39, 0.29) is 5.04 Å². The molecule has 1 aromatic carbocycles. The molecule has 0 amide bonds. The second-order valence-electron chi connectivity index (χ2n) is 6.37. The summed E-state index contributed by atoms with van der Waals surface area (Å²) in [6.07, 6.45) is 3.14. The van der Waals surface area contributed by atoms with E-state index in [1.807, 2.05) is 6.07 Å². The van der Waals surface area contributed by atoms with Gasteiger partial charge < -0.3 is 4.43 Å². The highest BCUT2D eigenvalue weighted by atomic mass is 28.4. The van der Waals surface area contributed by atoms with E-state index in [4.69, 9.17) is 4.43 Å². The van der Waals surface area contributed by atoms with E-state index in [9.17, 15) is 0 Å². The van der Waals surface area contributed by atoms with Crippen LogP contribution in [0.5, 0.6) is 0 Å². The fraction of sp³-hybridized carbons (Fsp3) is 0.500. The Morgan fingerprint density at radius 1 is 1.17 bits per heavy atom. The summed E-state index contributed by atoms with van der Waals surface area (Å²) in [4.78, 5) is 0. The average Bonchev–Trinajstić information content (AvgIpc) is 2.26. The number of rotatable bonds is 4. The molecule has 2 heteroatoms. The second kappa shape index (κ2) is 5.74. The van der Waals surface area contributed by atoms with Gasteiger partial charge in [0.1, 0.15) is 0 Å². The molecule has 0 bridgehead atoms. The molecule has 0 aliphatic rings. The first-order chi connectivity index (χ1) is 8.22. The molecule has 0 aliphatic carbocycles. The van der Waals surface area contributed by atoms with Gasteiger partial charge in [-0.3, -0.25) is 0 Å². The molecule has 1 aromatic rings. The molecule has 0 aromatic heterocycles. The van der Waals surface area contributed by atoms with Crippen LogP contribution >= 0.6 is 0 Å². The molecule has 0 saturated carbocycles. The number of benzene rings is 1. The summed E-state index contributed by atoms with van der Waals surface area (Å²) < 4.78 is 6.22. The Morgan fingerprint density at radius 3 is 2.22 bits per heavy atom. The van der Waals surface area contributed by atoms with Crippen molar-refractivity contribution < 1.29 is 4.43 Å². The summed E-state index contributed by atoms with van der Waals surface area (Å²) >= 11 is 0. The van der Waals surface area contributed by atoms with Crippen LogP contribution in [0.25, 0.3) is 0 Å². The van der Waals surface area contributed by atoms with Gasteiger partial charge in [0.05, 0.1) is 5.76 Å². The van der Waals surface area contributed by atoms with Crippen LogP contribution in [0.4, 0.5) is 0 Å². The normalized spacial score (nSPS) is 13.6. The van der Waals surface area contributed by atoms with Gasteiger partial charge in [0.2, 0.25) is 8.32 Å². The Balaban J connectivity index is 2.63. The van der Waals surface area contributed by atoms with E-state index in [1.165, 1.54) is 5.56 Å². The number of allylic oxidation sites excluding steroid dienone is 2. The van der Waals surface area contributed by atoms with Gasteiger partial charge in [-0.2, -0.15) is 0 Å². The molecule has 0 saturated heterocycles. The van der Waals surface area contributed by atoms with Crippen LogP contribution in [0.15, 0.2) is 42.2 Å². The number of hydrogen-bond donors (Lipinski definition) is 0. The summed E-state index contributed by atoms with van der Waals surface area (Å²) in [7, 11) is -1.67. The zero-order chi connectivity index (χ0) is 13.8. The molecule has 18 heavy (non-hydrogen) atoms. The van der Waals surface area contributed by atoms with Crippen LogP contribution in [-0.2, 0) is 10.8 Å². The SMILES string of the molecule is C/C(=C\Cc1ccccc1)O[Si](C)(C)C(C)(C)C. The zero-order valence-corrected chi connectivity index (χ0v) is 13.6. The topological polar surface area (TPSA) is 9.23 Å². The van der Waals surface area contributed by atoms with E-state index < -0.39 is 8.32 Å². The van der Waals surface area contributed by atoms with Gasteiger partial charge >= 0.3 is 0 Å². The van der Waals surface area contributed by atoms with Crippen molar-refractivity contribution >= 4 is 8.32 Å². The second-order valence-corrected chi connectivity index (χ2v) is 11.1. The van der Waals surface area contributed by atoms with Gasteiger partial charge in [0, 0.05) is 0 Å². The molecule has 0 atom stereocenters. The monoisotopic (exact) mass is 262 g/mol. The molecular formula is C16H26OSi. The molecule has 0 N–H and O–H groups in total. The maximum Gasteiger partial charge on any atom is 0.250 e. The van der Waals surface area contributed by atoms with Crippen molar-refractivity contribution in [2.75, 3.05) is 0 Å². The van der Waals surface area contributed by atoms with Crippen molar-refractivity contribution in [2.45, 2.75) is 52.2 Å². The molecule has 0 fully saturated rings. The maximum atomic E-state index is 6.22. The van der Waals surface area contributed by atoms with E-state index in [2.05, 4.69) is 71.1 Å². The maximum absolute atomic E-state index is 6.22. The summed E-state index contributed by atoms with van der Waals surface area (Å²) in [6.45, 7) is 13.4. The Bertz CT molecular complexity index is 399. The van der Waals surface area contributed by atoms with E-state index >= 15 is 0 Å². The quantitative estimate of drug-likeness (QED) is 0.538. The van der Waals surface area contributed by atoms with Crippen LogP contribution in [0.3, 0.4) is 0 Å². The third-order valence-electron chi connectivity index (χ3n) is 3.69. The van der Waals surface area contributed by atoms with Gasteiger partial charge in [0.15, 0.2) is 0 Å². The lowest BCUT2D eigenvalue weighted by Gasteiger charge is -2.36. The summed E-state index contributed by atoms with van der Waals surface area (Å²) in [5, 5.41) is 0.259. The summed E-state index contributed by atoms with van der Waals surface area (Å²) in [5.41, 5.74) is 1.33. The molecule has 0 radical (unpaired) electrons. The van der Waals surface area contributed by atoms with Crippen molar-refractivity contribution in [1.29, 1.82) is 0 Å². The zero-order valence-electron chi connectivity index (χ0n) is 12.6. The van der Waals surface area contributed by atoms with Crippen molar-refractivity contribution in [2.24, 2.45) is 0 Å². The predicted molar refractivity (Wildman–Crippen MR) is 82.2 cm³/mol. The molecular weight excluding hydrogens is 236 g/mol. The van der Waals surface area contributed by atoms with Crippen molar-refractivity contribution in [3.63, 3.8) is 0 Å². The first kappa shape index (κ1) is 15.0. The molecule has 1 nitrogen and oxygen atoms in total. The van der Waals surface area contributed by atoms with E-state index in [1.54, 1.807) is 0 Å². The number of hydrogen-bond acceptors (Lipinski definition) is 1. The largest absolute Gasteiger partial charge is 0.547 e. The molecule has 0 heterocycles. The van der Waals surface area contributed by atoms with Gasteiger partial charge in [0.25, 0.3) is 0 Å². The van der Waals surface area contributed by atoms with Crippen molar-refractivity contribution in [3.05, 3.63) is 47.7 Å². The highest BCUT2D eigenvalue weighted by Gasteiger charge is 2.38. The Morgan fingerprint density at radius 2 is 1.72 bits per heavy atom. The lowest BCUT2D eigenvalue weighted by molar-refractivity contribution is 0.384. The summed E-state index contributed by atoms with van der Waals surface area (Å²) in [6, 6.07) is 10.5.